The van der Waals surface area contributed by atoms with Crippen LogP contribution in [0, 0.1) is 10.8 Å². The Hall–Kier alpha value is -0.300. The van der Waals surface area contributed by atoms with E-state index in [-0.39, 0.29) is 0 Å². The van der Waals surface area contributed by atoms with Crippen LogP contribution in [-0.4, -0.2) is 12.6 Å². The first-order valence-corrected chi connectivity index (χ1v) is 8.57. The van der Waals surface area contributed by atoms with Gasteiger partial charge < -0.3 is 5.32 Å². The molecule has 0 aromatic carbocycles. The van der Waals surface area contributed by atoms with Gasteiger partial charge in [-0.25, -0.2) is 0 Å². The van der Waals surface area contributed by atoms with Gasteiger partial charge in [0.1, 0.15) is 0 Å². The molecule has 0 aromatic heterocycles. The Morgan fingerprint density at radius 3 is 2.42 bits per heavy atom. The van der Waals surface area contributed by atoms with Crippen molar-refractivity contribution >= 4 is 0 Å². The second-order valence-corrected chi connectivity index (χ2v) is 7.85. The first kappa shape index (κ1) is 13.7. The van der Waals surface area contributed by atoms with Crippen LogP contribution in [0.15, 0.2) is 11.6 Å². The molecule has 0 aromatic rings. The minimum absolute atomic E-state index is 0.551. The van der Waals surface area contributed by atoms with E-state index in [1.54, 1.807) is 0 Å². The highest BCUT2D eigenvalue weighted by atomic mass is 14.9. The van der Waals surface area contributed by atoms with Crippen LogP contribution in [0.4, 0.5) is 0 Å². The Morgan fingerprint density at radius 2 is 1.84 bits per heavy atom. The SMILES string of the molecule is CC(C)NCC1(C2=CCCCC2)CC2(CCCC2)C1. The van der Waals surface area contributed by atoms with Crippen molar-refractivity contribution in [3.05, 3.63) is 11.6 Å². The highest BCUT2D eigenvalue weighted by molar-refractivity contribution is 5.25. The average molecular weight is 261 g/mol. The number of allylic oxidation sites excluding steroid dienone is 1. The average Bonchev–Trinajstić information content (AvgIpc) is 2.85. The third kappa shape index (κ3) is 2.63. The Kier molecular flexibility index (Phi) is 3.77. The fourth-order valence-electron chi connectivity index (χ4n) is 5.05. The van der Waals surface area contributed by atoms with Gasteiger partial charge in [0.25, 0.3) is 0 Å². The van der Waals surface area contributed by atoms with Crippen LogP contribution in [0.1, 0.15) is 78.1 Å². The van der Waals surface area contributed by atoms with Gasteiger partial charge in [0, 0.05) is 18.0 Å². The molecule has 1 spiro atoms. The largest absolute Gasteiger partial charge is 0.314 e. The number of hydrogen-bond donors (Lipinski definition) is 1. The van der Waals surface area contributed by atoms with Crippen LogP contribution in [0.5, 0.6) is 0 Å². The molecule has 3 rings (SSSR count). The Morgan fingerprint density at radius 1 is 1.11 bits per heavy atom. The second-order valence-electron chi connectivity index (χ2n) is 7.85. The molecule has 2 fully saturated rings. The fraction of sp³-hybridized carbons (Fsp3) is 0.889. The third-order valence-corrected chi connectivity index (χ3v) is 5.91. The molecule has 1 nitrogen and oxygen atoms in total. The standard InChI is InChI=1S/C18H31N/c1-15(2)19-14-18(16-8-4-3-5-9-16)12-17(13-18)10-6-7-11-17/h8,15,19H,3-7,9-14H2,1-2H3. The van der Waals surface area contributed by atoms with Crippen LogP contribution < -0.4 is 5.32 Å². The summed E-state index contributed by atoms with van der Waals surface area (Å²) in [5.74, 6) is 0. The van der Waals surface area contributed by atoms with E-state index < -0.39 is 0 Å². The maximum atomic E-state index is 3.75. The quantitative estimate of drug-likeness (QED) is 0.715. The molecule has 1 N–H and O–H groups in total. The minimum atomic E-state index is 0.551. The lowest BCUT2D eigenvalue weighted by molar-refractivity contribution is -0.0111. The van der Waals surface area contributed by atoms with Gasteiger partial charge in [-0.15, -0.1) is 0 Å². The zero-order valence-corrected chi connectivity index (χ0v) is 12.9. The van der Waals surface area contributed by atoms with Crippen molar-refractivity contribution in [1.29, 1.82) is 0 Å². The van der Waals surface area contributed by atoms with Gasteiger partial charge in [-0.2, -0.15) is 0 Å². The number of hydrogen-bond acceptors (Lipinski definition) is 1. The van der Waals surface area contributed by atoms with E-state index in [9.17, 15) is 0 Å². The maximum Gasteiger partial charge on any atom is 0.00480 e. The van der Waals surface area contributed by atoms with Gasteiger partial charge in [-0.3, -0.25) is 0 Å². The van der Waals surface area contributed by atoms with Gasteiger partial charge in [0.05, 0.1) is 0 Å². The summed E-state index contributed by atoms with van der Waals surface area (Å²) >= 11 is 0. The highest BCUT2D eigenvalue weighted by Gasteiger charge is 2.56. The normalized spacial score (nSPS) is 28.5. The lowest BCUT2D eigenvalue weighted by Crippen LogP contribution is -2.52. The van der Waals surface area contributed by atoms with E-state index >= 15 is 0 Å². The molecule has 0 amide bonds. The van der Waals surface area contributed by atoms with Crippen LogP contribution in [-0.2, 0) is 0 Å². The smallest absolute Gasteiger partial charge is 0.00480 e. The summed E-state index contributed by atoms with van der Waals surface area (Å²) in [7, 11) is 0. The van der Waals surface area contributed by atoms with E-state index in [4.69, 9.17) is 0 Å². The summed E-state index contributed by atoms with van der Waals surface area (Å²) in [6.45, 7) is 5.80. The molecule has 0 bridgehead atoms. The van der Waals surface area contributed by atoms with E-state index in [2.05, 4.69) is 25.2 Å². The first-order valence-electron chi connectivity index (χ1n) is 8.57. The predicted octanol–water partition coefficient (Wildman–Crippen LogP) is 4.83. The molecule has 0 heterocycles. The molecular formula is C18H31N. The lowest BCUT2D eigenvalue weighted by Gasteiger charge is -2.57. The maximum absolute atomic E-state index is 3.75. The summed E-state index contributed by atoms with van der Waals surface area (Å²) in [4.78, 5) is 0. The zero-order chi connectivity index (χ0) is 13.3. The fourth-order valence-corrected chi connectivity index (χ4v) is 5.05. The van der Waals surface area contributed by atoms with Crippen molar-refractivity contribution in [1.82, 2.24) is 5.32 Å². The van der Waals surface area contributed by atoms with Crippen LogP contribution in [0.25, 0.3) is 0 Å². The third-order valence-electron chi connectivity index (χ3n) is 5.91. The molecule has 0 saturated heterocycles. The van der Waals surface area contributed by atoms with Gasteiger partial charge in [0.2, 0.25) is 0 Å². The van der Waals surface area contributed by atoms with Gasteiger partial charge in [-0.05, 0) is 56.8 Å². The van der Waals surface area contributed by atoms with Crippen LogP contribution in [0.3, 0.4) is 0 Å². The molecule has 19 heavy (non-hydrogen) atoms. The summed E-state index contributed by atoms with van der Waals surface area (Å²) in [5, 5.41) is 3.75. The van der Waals surface area contributed by atoms with Gasteiger partial charge in [-0.1, -0.05) is 38.3 Å². The molecule has 1 heteroatoms. The van der Waals surface area contributed by atoms with Crippen molar-refractivity contribution in [3.63, 3.8) is 0 Å². The predicted molar refractivity (Wildman–Crippen MR) is 82.3 cm³/mol. The molecule has 3 aliphatic carbocycles. The molecule has 0 aliphatic heterocycles. The summed E-state index contributed by atoms with van der Waals surface area (Å²) < 4.78 is 0. The topological polar surface area (TPSA) is 12.0 Å². The Bertz CT molecular complexity index is 339. The van der Waals surface area contributed by atoms with Gasteiger partial charge in [0.15, 0.2) is 0 Å². The van der Waals surface area contributed by atoms with Crippen LogP contribution in [0.2, 0.25) is 0 Å². The van der Waals surface area contributed by atoms with E-state index in [1.165, 1.54) is 70.8 Å². The van der Waals surface area contributed by atoms with Crippen molar-refractivity contribution in [2.75, 3.05) is 6.54 Å². The molecule has 2 saturated carbocycles. The summed E-state index contributed by atoms with van der Waals surface area (Å²) in [6.07, 6.45) is 17.2. The van der Waals surface area contributed by atoms with Crippen molar-refractivity contribution in [2.24, 2.45) is 10.8 Å². The number of rotatable bonds is 4. The summed E-state index contributed by atoms with van der Waals surface area (Å²) in [6, 6.07) is 0.626. The molecule has 0 radical (unpaired) electrons. The monoisotopic (exact) mass is 261 g/mol. The molecular weight excluding hydrogens is 230 g/mol. The first-order chi connectivity index (χ1) is 9.14. The van der Waals surface area contributed by atoms with Crippen molar-refractivity contribution in [3.8, 4) is 0 Å². The molecule has 0 unspecified atom stereocenters. The molecule has 108 valence electrons. The molecule has 0 atom stereocenters. The zero-order valence-electron chi connectivity index (χ0n) is 12.9. The number of nitrogens with one attached hydrogen (secondary N) is 1. The van der Waals surface area contributed by atoms with E-state index in [0.29, 0.717) is 11.5 Å². The van der Waals surface area contributed by atoms with Gasteiger partial charge >= 0.3 is 0 Å². The highest BCUT2D eigenvalue weighted by Crippen LogP contribution is 2.65. The summed E-state index contributed by atoms with van der Waals surface area (Å²) in [5.41, 5.74) is 3.14. The Balaban J connectivity index is 1.71. The molecule has 3 aliphatic rings. The van der Waals surface area contributed by atoms with E-state index in [0.717, 1.165) is 5.41 Å². The van der Waals surface area contributed by atoms with Crippen LogP contribution >= 0.6 is 0 Å². The lowest BCUT2D eigenvalue weighted by atomic mass is 9.48. The van der Waals surface area contributed by atoms with E-state index in [1.807, 2.05) is 5.57 Å². The second kappa shape index (κ2) is 5.24. The van der Waals surface area contributed by atoms with Crippen molar-refractivity contribution < 1.29 is 0 Å². The van der Waals surface area contributed by atoms with Crippen molar-refractivity contribution in [2.45, 2.75) is 84.1 Å². The Labute approximate surface area is 119 Å². The minimum Gasteiger partial charge on any atom is -0.314 e.